The average Bonchev–Trinajstić information content (AvgIpc) is 2.54. The summed E-state index contributed by atoms with van der Waals surface area (Å²) in [5.74, 6) is 0.975. The fourth-order valence-electron chi connectivity index (χ4n) is 2.38. The third-order valence-corrected chi connectivity index (χ3v) is 3.38. The number of carbonyl (C=O) groups excluding carboxylic acids is 1. The molecule has 0 aliphatic rings. The van der Waals surface area contributed by atoms with Crippen LogP contribution in [-0.2, 0) is 6.42 Å². The summed E-state index contributed by atoms with van der Waals surface area (Å²) in [6, 6.07) is 13.1. The molecular formula is C18H20O3. The minimum Gasteiger partial charge on any atom is -0.496 e. The van der Waals surface area contributed by atoms with Gasteiger partial charge in [-0.25, -0.2) is 0 Å². The second kappa shape index (κ2) is 6.93. The Morgan fingerprint density at radius 2 is 1.62 bits per heavy atom. The average molecular weight is 284 g/mol. The van der Waals surface area contributed by atoms with Gasteiger partial charge in [-0.1, -0.05) is 37.6 Å². The van der Waals surface area contributed by atoms with Gasteiger partial charge in [0.05, 0.1) is 14.2 Å². The van der Waals surface area contributed by atoms with Gasteiger partial charge in [0.15, 0.2) is 0 Å². The molecule has 3 nitrogen and oxygen atoms in total. The highest BCUT2D eigenvalue weighted by molar-refractivity contribution is 6.12. The summed E-state index contributed by atoms with van der Waals surface area (Å²) >= 11 is 0. The summed E-state index contributed by atoms with van der Waals surface area (Å²) in [5, 5.41) is 0. The number of ketones is 1. The molecular weight excluding hydrogens is 264 g/mol. The lowest BCUT2D eigenvalue weighted by Crippen LogP contribution is -2.07. The van der Waals surface area contributed by atoms with Crippen molar-refractivity contribution in [1.29, 1.82) is 0 Å². The van der Waals surface area contributed by atoms with E-state index in [2.05, 4.69) is 6.92 Å². The molecule has 2 aromatic rings. The molecule has 3 heteroatoms. The first-order valence-electron chi connectivity index (χ1n) is 7.05. The molecule has 0 aromatic heterocycles. The molecule has 110 valence electrons. The molecule has 2 aromatic carbocycles. The van der Waals surface area contributed by atoms with Crippen LogP contribution >= 0.6 is 0 Å². The largest absolute Gasteiger partial charge is 0.496 e. The van der Waals surface area contributed by atoms with Crippen LogP contribution in [0, 0.1) is 0 Å². The predicted molar refractivity (Wildman–Crippen MR) is 83.4 cm³/mol. The highest BCUT2D eigenvalue weighted by Crippen LogP contribution is 2.30. The van der Waals surface area contributed by atoms with Crippen LogP contribution in [0.15, 0.2) is 42.5 Å². The van der Waals surface area contributed by atoms with Crippen molar-refractivity contribution in [1.82, 2.24) is 0 Å². The first kappa shape index (κ1) is 15.1. The second-order valence-electron chi connectivity index (χ2n) is 4.82. The highest BCUT2D eigenvalue weighted by atomic mass is 16.5. The summed E-state index contributed by atoms with van der Waals surface area (Å²) in [5.41, 5.74) is 2.29. The monoisotopic (exact) mass is 284 g/mol. The number of aryl methyl sites for hydroxylation is 1. The molecule has 2 rings (SSSR count). The van der Waals surface area contributed by atoms with Gasteiger partial charge in [0, 0.05) is 5.56 Å². The van der Waals surface area contributed by atoms with Gasteiger partial charge >= 0.3 is 0 Å². The smallest absolute Gasteiger partial charge is 0.200 e. The summed E-state index contributed by atoms with van der Waals surface area (Å²) in [6.45, 7) is 2.12. The number of benzene rings is 2. The summed E-state index contributed by atoms with van der Waals surface area (Å²) in [7, 11) is 3.11. The minimum atomic E-state index is -0.0812. The number of hydrogen-bond donors (Lipinski definition) is 0. The van der Waals surface area contributed by atoms with Crippen LogP contribution in [-0.4, -0.2) is 20.0 Å². The standard InChI is InChI=1S/C18H20O3/c1-4-7-13-8-5-9-14(12-13)18(19)17-15(20-2)10-6-11-16(17)21-3/h5-6,8-12H,4,7H2,1-3H3. The van der Waals surface area contributed by atoms with Crippen LogP contribution < -0.4 is 9.47 Å². The molecule has 0 amide bonds. The molecule has 0 N–H and O–H groups in total. The van der Waals surface area contributed by atoms with Crippen LogP contribution in [0.4, 0.5) is 0 Å². The zero-order chi connectivity index (χ0) is 15.2. The quantitative estimate of drug-likeness (QED) is 0.755. The van der Waals surface area contributed by atoms with E-state index in [-0.39, 0.29) is 5.78 Å². The Morgan fingerprint density at radius 1 is 1.00 bits per heavy atom. The van der Waals surface area contributed by atoms with Gasteiger partial charge in [-0.05, 0) is 30.2 Å². The second-order valence-corrected chi connectivity index (χ2v) is 4.82. The van der Waals surface area contributed by atoms with Gasteiger partial charge in [0.2, 0.25) is 5.78 Å². The molecule has 0 spiro atoms. The Kier molecular flexibility index (Phi) is 4.99. The summed E-state index contributed by atoms with van der Waals surface area (Å²) in [4.78, 5) is 12.8. The zero-order valence-corrected chi connectivity index (χ0v) is 12.7. The number of carbonyl (C=O) groups is 1. The lowest BCUT2D eigenvalue weighted by Gasteiger charge is -2.12. The van der Waals surface area contributed by atoms with Crippen LogP contribution in [0.1, 0.15) is 34.8 Å². The van der Waals surface area contributed by atoms with Gasteiger partial charge in [-0.3, -0.25) is 4.79 Å². The van der Waals surface area contributed by atoms with Crippen molar-refractivity contribution in [2.24, 2.45) is 0 Å². The zero-order valence-electron chi connectivity index (χ0n) is 12.7. The fraction of sp³-hybridized carbons (Fsp3) is 0.278. The molecule has 0 aliphatic carbocycles. The summed E-state index contributed by atoms with van der Waals surface area (Å²) in [6.07, 6.45) is 2.01. The maximum atomic E-state index is 12.8. The van der Waals surface area contributed by atoms with E-state index in [1.807, 2.05) is 30.3 Å². The number of rotatable bonds is 6. The van der Waals surface area contributed by atoms with Crippen LogP contribution in [0.25, 0.3) is 0 Å². The van der Waals surface area contributed by atoms with E-state index >= 15 is 0 Å². The highest BCUT2D eigenvalue weighted by Gasteiger charge is 2.19. The van der Waals surface area contributed by atoms with E-state index in [4.69, 9.17) is 9.47 Å². The van der Waals surface area contributed by atoms with Crippen molar-refractivity contribution < 1.29 is 14.3 Å². The molecule has 0 aliphatic heterocycles. The Labute approximate surface area is 125 Å². The summed E-state index contributed by atoms with van der Waals surface area (Å²) < 4.78 is 10.6. The van der Waals surface area contributed by atoms with Crippen molar-refractivity contribution in [3.8, 4) is 11.5 Å². The van der Waals surface area contributed by atoms with Crippen LogP contribution in [0.3, 0.4) is 0 Å². The number of ether oxygens (including phenoxy) is 2. The SMILES string of the molecule is CCCc1cccc(C(=O)c2c(OC)cccc2OC)c1. The van der Waals surface area contributed by atoms with Gasteiger partial charge in [0.1, 0.15) is 17.1 Å². The van der Waals surface area contributed by atoms with Gasteiger partial charge in [0.25, 0.3) is 0 Å². The van der Waals surface area contributed by atoms with E-state index in [0.29, 0.717) is 22.6 Å². The van der Waals surface area contributed by atoms with Crippen molar-refractivity contribution in [3.63, 3.8) is 0 Å². The van der Waals surface area contributed by atoms with Gasteiger partial charge in [-0.2, -0.15) is 0 Å². The molecule has 0 unspecified atom stereocenters. The third kappa shape index (κ3) is 3.24. The maximum Gasteiger partial charge on any atom is 0.200 e. The molecule has 21 heavy (non-hydrogen) atoms. The molecule has 0 heterocycles. The first-order chi connectivity index (χ1) is 10.2. The van der Waals surface area contributed by atoms with E-state index in [1.165, 1.54) is 0 Å². The first-order valence-corrected chi connectivity index (χ1v) is 7.05. The molecule has 0 radical (unpaired) electrons. The minimum absolute atomic E-state index is 0.0812. The predicted octanol–water partition coefficient (Wildman–Crippen LogP) is 3.89. The third-order valence-electron chi connectivity index (χ3n) is 3.38. The van der Waals surface area contributed by atoms with Gasteiger partial charge < -0.3 is 9.47 Å². The van der Waals surface area contributed by atoms with Crippen molar-refractivity contribution in [3.05, 3.63) is 59.2 Å². The normalized spacial score (nSPS) is 10.2. The Bertz CT molecular complexity index is 610. The Hall–Kier alpha value is -2.29. The lowest BCUT2D eigenvalue weighted by atomic mass is 9.98. The molecule has 0 saturated carbocycles. The van der Waals surface area contributed by atoms with Gasteiger partial charge in [-0.15, -0.1) is 0 Å². The maximum absolute atomic E-state index is 12.8. The topological polar surface area (TPSA) is 35.5 Å². The Balaban J connectivity index is 2.46. The molecule has 0 saturated heterocycles. The van der Waals surface area contributed by atoms with E-state index in [0.717, 1.165) is 18.4 Å². The number of methoxy groups -OCH3 is 2. The van der Waals surface area contributed by atoms with Crippen LogP contribution in [0.2, 0.25) is 0 Å². The molecule has 0 bridgehead atoms. The molecule has 0 atom stereocenters. The Morgan fingerprint density at radius 3 is 2.19 bits per heavy atom. The number of hydrogen-bond acceptors (Lipinski definition) is 3. The lowest BCUT2D eigenvalue weighted by molar-refractivity contribution is 0.103. The van der Waals surface area contributed by atoms with E-state index in [1.54, 1.807) is 26.4 Å². The van der Waals surface area contributed by atoms with Crippen molar-refractivity contribution in [2.45, 2.75) is 19.8 Å². The van der Waals surface area contributed by atoms with E-state index < -0.39 is 0 Å². The fourth-order valence-corrected chi connectivity index (χ4v) is 2.38. The van der Waals surface area contributed by atoms with Crippen LogP contribution in [0.5, 0.6) is 11.5 Å². The van der Waals surface area contributed by atoms with Crippen molar-refractivity contribution >= 4 is 5.78 Å². The van der Waals surface area contributed by atoms with E-state index in [9.17, 15) is 4.79 Å². The van der Waals surface area contributed by atoms with Crippen molar-refractivity contribution in [2.75, 3.05) is 14.2 Å². The molecule has 0 fully saturated rings.